The van der Waals surface area contributed by atoms with Crippen LogP contribution in [0.15, 0.2) is 53.3 Å². The molecule has 7 nitrogen and oxygen atoms in total. The Morgan fingerprint density at radius 3 is 2.70 bits per heavy atom. The molecule has 0 spiro atoms. The molecule has 0 aliphatic heterocycles. The largest absolute Gasteiger partial charge is 0.361 e. The number of carbonyl (C=O) groups is 1. The van der Waals surface area contributed by atoms with Crippen LogP contribution >= 0.6 is 0 Å². The SMILES string of the molecule is CC(C)c1cc(CN(C)C(=O)N[C@H](C)c2ccccc2-n2cccn2)no1. The van der Waals surface area contributed by atoms with E-state index in [9.17, 15) is 4.79 Å². The van der Waals surface area contributed by atoms with E-state index < -0.39 is 0 Å². The number of para-hydroxylation sites is 1. The van der Waals surface area contributed by atoms with Gasteiger partial charge >= 0.3 is 6.03 Å². The minimum Gasteiger partial charge on any atom is -0.361 e. The maximum Gasteiger partial charge on any atom is 0.317 e. The predicted octanol–water partition coefficient (Wildman–Crippen LogP) is 3.89. The van der Waals surface area contributed by atoms with Crippen molar-refractivity contribution < 1.29 is 9.32 Å². The highest BCUT2D eigenvalue weighted by molar-refractivity contribution is 5.74. The van der Waals surface area contributed by atoms with Gasteiger partial charge in [-0.2, -0.15) is 5.10 Å². The summed E-state index contributed by atoms with van der Waals surface area (Å²) >= 11 is 0. The Morgan fingerprint density at radius 1 is 1.26 bits per heavy atom. The average molecular weight is 367 g/mol. The molecule has 0 aliphatic rings. The summed E-state index contributed by atoms with van der Waals surface area (Å²) in [6, 6.07) is 11.3. The lowest BCUT2D eigenvalue weighted by Gasteiger charge is -2.22. The molecular weight excluding hydrogens is 342 g/mol. The number of urea groups is 1. The molecule has 0 bridgehead atoms. The normalized spacial score (nSPS) is 12.2. The number of aromatic nitrogens is 3. The van der Waals surface area contributed by atoms with Crippen molar-refractivity contribution in [3.63, 3.8) is 0 Å². The van der Waals surface area contributed by atoms with Crippen molar-refractivity contribution in [3.05, 3.63) is 65.8 Å². The van der Waals surface area contributed by atoms with Gasteiger partial charge in [0.2, 0.25) is 0 Å². The maximum absolute atomic E-state index is 12.6. The fraction of sp³-hybridized carbons (Fsp3) is 0.350. The smallest absolute Gasteiger partial charge is 0.317 e. The zero-order valence-electron chi connectivity index (χ0n) is 16.1. The fourth-order valence-electron chi connectivity index (χ4n) is 2.84. The molecule has 142 valence electrons. The molecule has 3 aromatic rings. The number of rotatable bonds is 6. The van der Waals surface area contributed by atoms with E-state index in [2.05, 4.69) is 15.6 Å². The molecule has 0 saturated heterocycles. The molecule has 0 aliphatic carbocycles. The van der Waals surface area contributed by atoms with Gasteiger partial charge in [0.15, 0.2) is 0 Å². The Bertz CT molecular complexity index is 885. The fourth-order valence-corrected chi connectivity index (χ4v) is 2.84. The van der Waals surface area contributed by atoms with Crippen LogP contribution in [0.4, 0.5) is 4.79 Å². The van der Waals surface area contributed by atoms with Gasteiger partial charge in [-0.15, -0.1) is 0 Å². The molecule has 2 amide bonds. The van der Waals surface area contributed by atoms with E-state index >= 15 is 0 Å². The summed E-state index contributed by atoms with van der Waals surface area (Å²) in [5.74, 6) is 1.09. The summed E-state index contributed by atoms with van der Waals surface area (Å²) in [6.07, 6.45) is 3.62. The Hall–Kier alpha value is -3.09. The van der Waals surface area contributed by atoms with Crippen molar-refractivity contribution in [2.45, 2.75) is 39.3 Å². The Balaban J connectivity index is 1.67. The van der Waals surface area contributed by atoms with E-state index in [0.29, 0.717) is 6.54 Å². The van der Waals surface area contributed by atoms with E-state index in [-0.39, 0.29) is 18.0 Å². The number of hydrogen-bond acceptors (Lipinski definition) is 4. The second-order valence-corrected chi connectivity index (χ2v) is 6.91. The summed E-state index contributed by atoms with van der Waals surface area (Å²) in [4.78, 5) is 14.2. The van der Waals surface area contributed by atoms with Crippen LogP contribution in [-0.4, -0.2) is 32.9 Å². The van der Waals surface area contributed by atoms with Gasteiger partial charge in [-0.05, 0) is 24.6 Å². The first kappa shape index (κ1) is 18.7. The Morgan fingerprint density at radius 2 is 2.04 bits per heavy atom. The molecule has 27 heavy (non-hydrogen) atoms. The van der Waals surface area contributed by atoms with E-state index in [4.69, 9.17) is 4.52 Å². The second kappa shape index (κ2) is 8.07. The predicted molar refractivity (Wildman–Crippen MR) is 103 cm³/mol. The number of nitrogens with zero attached hydrogens (tertiary/aromatic N) is 4. The van der Waals surface area contributed by atoms with Gasteiger partial charge in [-0.1, -0.05) is 37.2 Å². The first-order valence-corrected chi connectivity index (χ1v) is 9.01. The van der Waals surface area contributed by atoms with Crippen molar-refractivity contribution in [2.24, 2.45) is 0 Å². The van der Waals surface area contributed by atoms with E-state index in [1.807, 2.05) is 63.4 Å². The first-order valence-electron chi connectivity index (χ1n) is 9.01. The van der Waals surface area contributed by atoms with Crippen LogP contribution in [0.3, 0.4) is 0 Å². The van der Waals surface area contributed by atoms with Crippen molar-refractivity contribution in [3.8, 4) is 5.69 Å². The highest BCUT2D eigenvalue weighted by Gasteiger charge is 2.18. The van der Waals surface area contributed by atoms with Gasteiger partial charge in [-0.3, -0.25) is 0 Å². The van der Waals surface area contributed by atoms with E-state index in [1.54, 1.807) is 22.8 Å². The van der Waals surface area contributed by atoms with Crippen molar-refractivity contribution in [2.75, 3.05) is 7.05 Å². The highest BCUT2D eigenvalue weighted by Crippen LogP contribution is 2.21. The third kappa shape index (κ3) is 4.36. The molecule has 0 saturated carbocycles. The lowest BCUT2D eigenvalue weighted by molar-refractivity contribution is 0.202. The molecule has 1 N–H and O–H groups in total. The molecule has 0 radical (unpaired) electrons. The number of amides is 2. The Kier molecular flexibility index (Phi) is 5.59. The van der Waals surface area contributed by atoms with Crippen LogP contribution in [0.1, 0.15) is 49.7 Å². The number of benzene rings is 1. The van der Waals surface area contributed by atoms with Crippen LogP contribution in [0.5, 0.6) is 0 Å². The highest BCUT2D eigenvalue weighted by atomic mass is 16.5. The van der Waals surface area contributed by atoms with E-state index in [0.717, 1.165) is 22.7 Å². The molecule has 1 aromatic carbocycles. The summed E-state index contributed by atoms with van der Waals surface area (Å²) in [7, 11) is 1.74. The van der Waals surface area contributed by atoms with Crippen molar-refractivity contribution in [1.82, 2.24) is 25.2 Å². The monoisotopic (exact) mass is 367 g/mol. The van der Waals surface area contributed by atoms with Gasteiger partial charge < -0.3 is 14.7 Å². The molecule has 0 fully saturated rings. The van der Waals surface area contributed by atoms with Crippen LogP contribution in [0, 0.1) is 0 Å². The minimum atomic E-state index is -0.177. The van der Waals surface area contributed by atoms with Gasteiger partial charge in [-0.25, -0.2) is 9.48 Å². The van der Waals surface area contributed by atoms with Crippen molar-refractivity contribution in [1.29, 1.82) is 0 Å². The summed E-state index contributed by atoms with van der Waals surface area (Å²) < 4.78 is 7.09. The summed E-state index contributed by atoms with van der Waals surface area (Å²) in [5, 5.41) is 11.4. The average Bonchev–Trinajstić information content (AvgIpc) is 3.33. The number of hydrogen-bond donors (Lipinski definition) is 1. The van der Waals surface area contributed by atoms with Crippen LogP contribution in [-0.2, 0) is 6.54 Å². The van der Waals surface area contributed by atoms with Gasteiger partial charge in [0.25, 0.3) is 0 Å². The third-order valence-corrected chi connectivity index (χ3v) is 4.39. The second-order valence-electron chi connectivity index (χ2n) is 6.91. The molecule has 2 aromatic heterocycles. The lowest BCUT2D eigenvalue weighted by Crippen LogP contribution is -2.38. The molecule has 0 unspecified atom stereocenters. The zero-order valence-corrected chi connectivity index (χ0v) is 16.1. The topological polar surface area (TPSA) is 76.2 Å². The Labute approximate surface area is 159 Å². The van der Waals surface area contributed by atoms with Crippen LogP contribution in [0.25, 0.3) is 5.69 Å². The molecule has 3 rings (SSSR count). The van der Waals surface area contributed by atoms with Gasteiger partial charge in [0, 0.05) is 31.4 Å². The molecule has 2 heterocycles. The number of carbonyl (C=O) groups excluding carboxylic acids is 1. The molecular formula is C20H25N5O2. The third-order valence-electron chi connectivity index (χ3n) is 4.39. The number of nitrogens with one attached hydrogen (secondary N) is 1. The first-order chi connectivity index (χ1) is 13.0. The zero-order chi connectivity index (χ0) is 19.4. The van der Waals surface area contributed by atoms with E-state index in [1.165, 1.54) is 0 Å². The summed E-state index contributed by atoms with van der Waals surface area (Å²) in [5.41, 5.74) is 2.67. The van der Waals surface area contributed by atoms with Gasteiger partial charge in [0.05, 0.1) is 18.3 Å². The van der Waals surface area contributed by atoms with Crippen LogP contribution in [0.2, 0.25) is 0 Å². The summed E-state index contributed by atoms with van der Waals surface area (Å²) in [6.45, 7) is 6.43. The standard InChI is InChI=1S/C20H25N5O2/c1-14(2)19-12-16(23-27-19)13-24(4)20(26)22-15(3)17-8-5-6-9-18(17)25-11-7-10-21-25/h5-12,14-15H,13H2,1-4H3,(H,22,26)/t15-/m1/s1. The van der Waals surface area contributed by atoms with Gasteiger partial charge in [0.1, 0.15) is 11.5 Å². The quantitative estimate of drug-likeness (QED) is 0.717. The molecule has 1 atom stereocenters. The van der Waals surface area contributed by atoms with Crippen molar-refractivity contribution >= 4 is 6.03 Å². The minimum absolute atomic E-state index is 0.174. The maximum atomic E-state index is 12.6. The lowest BCUT2D eigenvalue weighted by atomic mass is 10.1. The molecule has 7 heteroatoms. The van der Waals surface area contributed by atoms with Crippen LogP contribution < -0.4 is 5.32 Å².